The van der Waals surface area contributed by atoms with Gasteiger partial charge in [-0.15, -0.1) is 0 Å². The first-order valence-electron chi connectivity index (χ1n) is 8.80. The van der Waals surface area contributed by atoms with Gasteiger partial charge in [0.1, 0.15) is 18.0 Å². The third-order valence-electron chi connectivity index (χ3n) is 4.68. The van der Waals surface area contributed by atoms with Gasteiger partial charge in [-0.2, -0.15) is 4.98 Å². The van der Waals surface area contributed by atoms with Crippen LogP contribution in [0.5, 0.6) is 0 Å². The van der Waals surface area contributed by atoms with Crippen LogP contribution in [0, 0.1) is 5.82 Å². The first kappa shape index (κ1) is 17.8. The molecule has 2 heterocycles. The van der Waals surface area contributed by atoms with Crippen LogP contribution in [-0.2, 0) is 0 Å². The molecule has 9 heteroatoms. The van der Waals surface area contributed by atoms with Crippen LogP contribution in [0.4, 0.5) is 21.8 Å². The molecule has 0 radical (unpaired) electrons. The van der Waals surface area contributed by atoms with E-state index in [1.807, 2.05) is 0 Å². The maximum absolute atomic E-state index is 13.3. The highest BCUT2D eigenvalue weighted by molar-refractivity contribution is 6.31. The van der Waals surface area contributed by atoms with Gasteiger partial charge in [-0.3, -0.25) is 0 Å². The van der Waals surface area contributed by atoms with Crippen molar-refractivity contribution < 1.29 is 4.39 Å². The van der Waals surface area contributed by atoms with E-state index in [-0.39, 0.29) is 5.02 Å². The van der Waals surface area contributed by atoms with Crippen molar-refractivity contribution in [2.45, 2.75) is 37.8 Å². The smallest absolute Gasteiger partial charge is 0.224 e. The molecule has 1 fully saturated rings. The van der Waals surface area contributed by atoms with Crippen molar-refractivity contribution in [3.8, 4) is 0 Å². The Labute approximate surface area is 160 Å². The zero-order valence-corrected chi connectivity index (χ0v) is 15.2. The Kier molecular flexibility index (Phi) is 5.00. The Hall–Kier alpha value is -2.58. The van der Waals surface area contributed by atoms with Crippen molar-refractivity contribution in [3.05, 3.63) is 41.6 Å². The first-order chi connectivity index (χ1) is 13.1. The minimum Gasteiger partial charge on any atom is -0.351 e. The summed E-state index contributed by atoms with van der Waals surface area (Å²) in [7, 11) is 0. The molecule has 1 aliphatic carbocycles. The van der Waals surface area contributed by atoms with Crippen LogP contribution in [0.1, 0.15) is 25.7 Å². The van der Waals surface area contributed by atoms with E-state index < -0.39 is 5.82 Å². The lowest BCUT2D eigenvalue weighted by molar-refractivity contribution is 0.410. The van der Waals surface area contributed by atoms with Crippen LogP contribution in [-0.4, -0.2) is 32.0 Å². The van der Waals surface area contributed by atoms with Crippen molar-refractivity contribution in [2.75, 3.05) is 10.6 Å². The van der Waals surface area contributed by atoms with Gasteiger partial charge in [0.05, 0.1) is 10.4 Å². The van der Waals surface area contributed by atoms with Crippen molar-refractivity contribution in [1.82, 2.24) is 19.9 Å². The molecule has 1 aromatic carbocycles. The number of aromatic nitrogens is 4. The van der Waals surface area contributed by atoms with Gasteiger partial charge < -0.3 is 16.4 Å². The van der Waals surface area contributed by atoms with Crippen molar-refractivity contribution in [2.24, 2.45) is 5.73 Å². The van der Waals surface area contributed by atoms with Crippen LogP contribution in [0.25, 0.3) is 11.0 Å². The SMILES string of the molecule is NC1CCC(Nc2ncc3c(Nc4ccc(F)c(Cl)c4)ncnc3n2)CC1. The molecule has 27 heavy (non-hydrogen) atoms. The van der Waals surface area contributed by atoms with E-state index in [1.165, 1.54) is 18.5 Å². The second-order valence-electron chi connectivity index (χ2n) is 6.66. The fourth-order valence-corrected chi connectivity index (χ4v) is 3.36. The van der Waals surface area contributed by atoms with E-state index in [1.54, 1.807) is 12.3 Å². The van der Waals surface area contributed by atoms with E-state index in [0.717, 1.165) is 25.7 Å². The zero-order valence-electron chi connectivity index (χ0n) is 14.5. The molecule has 4 N–H and O–H groups in total. The van der Waals surface area contributed by atoms with Crippen molar-refractivity contribution in [1.29, 1.82) is 0 Å². The molecule has 0 amide bonds. The number of benzene rings is 1. The van der Waals surface area contributed by atoms with Gasteiger partial charge in [-0.05, 0) is 43.9 Å². The maximum atomic E-state index is 13.3. The van der Waals surface area contributed by atoms with Gasteiger partial charge in [0, 0.05) is 24.0 Å². The van der Waals surface area contributed by atoms with E-state index in [2.05, 4.69) is 30.6 Å². The molecule has 0 saturated heterocycles. The molecule has 140 valence electrons. The molecular formula is C18H19ClFN7. The van der Waals surface area contributed by atoms with Gasteiger partial charge in [0.25, 0.3) is 0 Å². The van der Waals surface area contributed by atoms with Gasteiger partial charge in [0.15, 0.2) is 5.65 Å². The highest BCUT2D eigenvalue weighted by Crippen LogP contribution is 2.26. The van der Waals surface area contributed by atoms with Gasteiger partial charge >= 0.3 is 0 Å². The molecule has 2 aromatic heterocycles. The summed E-state index contributed by atoms with van der Waals surface area (Å²) >= 11 is 5.83. The van der Waals surface area contributed by atoms with Crippen LogP contribution in [0.3, 0.4) is 0 Å². The number of hydrogen-bond acceptors (Lipinski definition) is 7. The number of rotatable bonds is 4. The molecule has 0 aliphatic heterocycles. The molecular weight excluding hydrogens is 369 g/mol. The lowest BCUT2D eigenvalue weighted by atomic mass is 9.92. The summed E-state index contributed by atoms with van der Waals surface area (Å²) in [6.07, 6.45) is 7.11. The minimum atomic E-state index is -0.475. The highest BCUT2D eigenvalue weighted by Gasteiger charge is 2.19. The molecule has 0 spiro atoms. The van der Waals surface area contributed by atoms with Gasteiger partial charge in [-0.1, -0.05) is 11.6 Å². The molecule has 7 nitrogen and oxygen atoms in total. The van der Waals surface area contributed by atoms with Crippen molar-refractivity contribution in [3.63, 3.8) is 0 Å². The van der Waals surface area contributed by atoms with E-state index in [9.17, 15) is 4.39 Å². The second-order valence-corrected chi connectivity index (χ2v) is 7.07. The molecule has 0 unspecified atom stereocenters. The molecule has 1 saturated carbocycles. The summed E-state index contributed by atoms with van der Waals surface area (Å²) in [5.74, 6) is 0.591. The summed E-state index contributed by atoms with van der Waals surface area (Å²) in [5.41, 5.74) is 7.08. The largest absolute Gasteiger partial charge is 0.351 e. The molecule has 4 rings (SSSR count). The Morgan fingerprint density at radius 3 is 2.70 bits per heavy atom. The molecule has 1 aliphatic rings. The van der Waals surface area contributed by atoms with E-state index >= 15 is 0 Å². The number of hydrogen-bond donors (Lipinski definition) is 3. The summed E-state index contributed by atoms with van der Waals surface area (Å²) in [6.45, 7) is 0. The lowest BCUT2D eigenvalue weighted by Gasteiger charge is -2.26. The van der Waals surface area contributed by atoms with Gasteiger partial charge in [-0.25, -0.2) is 19.3 Å². The second kappa shape index (κ2) is 7.58. The monoisotopic (exact) mass is 387 g/mol. The number of anilines is 3. The summed E-state index contributed by atoms with van der Waals surface area (Å²) in [4.78, 5) is 17.4. The average molecular weight is 388 g/mol. The quantitative estimate of drug-likeness (QED) is 0.628. The number of nitrogens with one attached hydrogen (secondary N) is 2. The molecule has 0 bridgehead atoms. The standard InChI is InChI=1S/C18H19ClFN7/c19-14-7-12(5-6-15(14)20)25-16-13-8-22-18(27-17(13)24-9-23-16)26-11-3-1-10(21)2-4-11/h5-11H,1-4,21H2,(H2,22,23,24,25,26,27). The average Bonchev–Trinajstić information content (AvgIpc) is 2.67. The van der Waals surface area contributed by atoms with Crippen LogP contribution in [0.2, 0.25) is 5.02 Å². The normalized spacial score (nSPS) is 19.8. The topological polar surface area (TPSA) is 102 Å². The van der Waals surface area contributed by atoms with Crippen LogP contribution >= 0.6 is 11.6 Å². The van der Waals surface area contributed by atoms with E-state index in [4.69, 9.17) is 17.3 Å². The fraction of sp³-hybridized carbons (Fsp3) is 0.333. The maximum Gasteiger partial charge on any atom is 0.224 e. The third-order valence-corrected chi connectivity index (χ3v) is 4.97. The van der Waals surface area contributed by atoms with E-state index in [0.29, 0.717) is 40.6 Å². The number of halogens is 2. The summed E-state index contributed by atoms with van der Waals surface area (Å²) in [6, 6.07) is 4.99. The molecule has 3 aromatic rings. The number of nitrogens with two attached hydrogens (primary N) is 1. The Balaban J connectivity index is 1.55. The Bertz CT molecular complexity index is 960. The summed E-state index contributed by atoms with van der Waals surface area (Å²) in [5, 5.41) is 7.16. The Morgan fingerprint density at radius 1 is 1.11 bits per heavy atom. The zero-order chi connectivity index (χ0) is 18.8. The molecule has 0 atom stereocenters. The van der Waals surface area contributed by atoms with Crippen molar-refractivity contribution >= 4 is 40.1 Å². The Morgan fingerprint density at radius 2 is 1.93 bits per heavy atom. The highest BCUT2D eigenvalue weighted by atomic mass is 35.5. The fourth-order valence-electron chi connectivity index (χ4n) is 3.17. The first-order valence-corrected chi connectivity index (χ1v) is 9.18. The lowest BCUT2D eigenvalue weighted by Crippen LogP contribution is -2.33. The number of nitrogens with zero attached hydrogens (tertiary/aromatic N) is 4. The van der Waals surface area contributed by atoms with Crippen LogP contribution < -0.4 is 16.4 Å². The predicted octanol–water partition coefficient (Wildman–Crippen LogP) is 3.64. The van der Waals surface area contributed by atoms with Gasteiger partial charge in [0.2, 0.25) is 5.95 Å². The number of fused-ring (bicyclic) bond motifs is 1. The third kappa shape index (κ3) is 4.06. The minimum absolute atomic E-state index is 0.0355. The van der Waals surface area contributed by atoms with Crippen LogP contribution in [0.15, 0.2) is 30.7 Å². The predicted molar refractivity (Wildman–Crippen MR) is 104 cm³/mol. The summed E-state index contributed by atoms with van der Waals surface area (Å²) < 4.78 is 13.3.